The van der Waals surface area contributed by atoms with E-state index in [-0.39, 0.29) is 17.0 Å². The Morgan fingerprint density at radius 1 is 1.18 bits per heavy atom. The first-order valence-corrected chi connectivity index (χ1v) is 5.94. The van der Waals surface area contributed by atoms with Crippen LogP contribution in [0.3, 0.4) is 0 Å². The Morgan fingerprint density at radius 2 is 1.82 bits per heavy atom. The summed E-state index contributed by atoms with van der Waals surface area (Å²) < 4.78 is 45.1. The van der Waals surface area contributed by atoms with Crippen molar-refractivity contribution in [2.24, 2.45) is 0 Å². The van der Waals surface area contributed by atoms with E-state index in [0.29, 0.717) is 5.56 Å². The number of aromatic carboxylic acids is 1. The van der Waals surface area contributed by atoms with Gasteiger partial charge in [-0.1, -0.05) is 12.1 Å². The summed E-state index contributed by atoms with van der Waals surface area (Å²) in [6.07, 6.45) is -3.52. The van der Waals surface area contributed by atoms with Gasteiger partial charge >= 0.3 is 12.3 Å². The molecule has 0 spiro atoms. The van der Waals surface area contributed by atoms with Crippen LogP contribution in [0, 0.1) is 0 Å². The van der Waals surface area contributed by atoms with Crippen LogP contribution in [-0.2, 0) is 0 Å². The van der Waals surface area contributed by atoms with Gasteiger partial charge in [0.2, 0.25) is 5.88 Å². The molecular formula is C14H10F3NO4. The molecule has 2 aromatic rings. The molecule has 0 aliphatic heterocycles. The van der Waals surface area contributed by atoms with Gasteiger partial charge in [-0.3, -0.25) is 0 Å². The van der Waals surface area contributed by atoms with Gasteiger partial charge in [0.25, 0.3) is 0 Å². The van der Waals surface area contributed by atoms with Crippen molar-refractivity contribution in [2.75, 3.05) is 7.11 Å². The highest BCUT2D eigenvalue weighted by Crippen LogP contribution is 2.33. The lowest BCUT2D eigenvalue weighted by Gasteiger charge is -2.12. The Bertz CT molecular complexity index is 683. The number of aromatic nitrogens is 1. The van der Waals surface area contributed by atoms with Gasteiger partial charge in [0, 0.05) is 6.20 Å². The van der Waals surface area contributed by atoms with Crippen LogP contribution in [0.4, 0.5) is 13.2 Å². The van der Waals surface area contributed by atoms with Crippen LogP contribution >= 0.6 is 0 Å². The van der Waals surface area contributed by atoms with Gasteiger partial charge < -0.3 is 14.6 Å². The molecule has 2 rings (SSSR count). The maximum atomic E-state index is 12.1. The molecule has 5 nitrogen and oxygen atoms in total. The minimum atomic E-state index is -4.79. The van der Waals surface area contributed by atoms with Gasteiger partial charge in [-0.15, -0.1) is 13.2 Å². The zero-order valence-electron chi connectivity index (χ0n) is 11.2. The summed E-state index contributed by atoms with van der Waals surface area (Å²) in [6, 6.07) is 6.04. The highest BCUT2D eigenvalue weighted by atomic mass is 19.4. The first-order chi connectivity index (χ1) is 10.3. The van der Waals surface area contributed by atoms with E-state index >= 15 is 0 Å². The number of nitrogens with zero attached hydrogens (tertiary/aromatic N) is 1. The fourth-order valence-corrected chi connectivity index (χ4v) is 1.88. The monoisotopic (exact) mass is 313 g/mol. The number of carboxylic acid groups (broad SMARTS) is 1. The second-order valence-electron chi connectivity index (χ2n) is 4.12. The van der Waals surface area contributed by atoms with E-state index in [1.54, 1.807) is 0 Å². The molecule has 0 aliphatic rings. The van der Waals surface area contributed by atoms with Gasteiger partial charge in [-0.2, -0.15) is 0 Å². The first kappa shape index (κ1) is 15.6. The summed E-state index contributed by atoms with van der Waals surface area (Å²) in [7, 11) is 1.32. The molecule has 1 aromatic carbocycles. The summed E-state index contributed by atoms with van der Waals surface area (Å²) in [6.45, 7) is 0. The van der Waals surface area contributed by atoms with Crippen LogP contribution in [0.25, 0.3) is 11.1 Å². The summed E-state index contributed by atoms with van der Waals surface area (Å²) >= 11 is 0. The number of ether oxygens (including phenoxy) is 2. The Labute approximate surface area is 122 Å². The quantitative estimate of drug-likeness (QED) is 0.937. The van der Waals surface area contributed by atoms with Crippen LogP contribution < -0.4 is 9.47 Å². The molecule has 0 radical (unpaired) electrons. The number of halogens is 3. The third-order valence-corrected chi connectivity index (χ3v) is 2.72. The average Bonchev–Trinajstić information content (AvgIpc) is 2.45. The molecule has 8 heteroatoms. The molecule has 116 valence electrons. The Kier molecular flexibility index (Phi) is 4.20. The molecular weight excluding hydrogens is 303 g/mol. The number of pyridine rings is 1. The highest BCUT2D eigenvalue weighted by Gasteiger charge is 2.31. The average molecular weight is 313 g/mol. The summed E-state index contributed by atoms with van der Waals surface area (Å²) in [5.41, 5.74) is 0.448. The largest absolute Gasteiger partial charge is 0.573 e. The van der Waals surface area contributed by atoms with E-state index < -0.39 is 18.1 Å². The molecule has 0 fully saturated rings. The lowest BCUT2D eigenvalue weighted by Crippen LogP contribution is -2.16. The van der Waals surface area contributed by atoms with Crippen molar-refractivity contribution in [3.63, 3.8) is 0 Å². The van der Waals surface area contributed by atoms with Crippen LogP contribution in [0.15, 0.2) is 36.5 Å². The minimum absolute atomic E-state index is 0.0596. The number of alkyl halides is 3. The van der Waals surface area contributed by atoms with Crippen LogP contribution in [0.2, 0.25) is 0 Å². The van der Waals surface area contributed by atoms with Crippen molar-refractivity contribution in [1.29, 1.82) is 0 Å². The lowest BCUT2D eigenvalue weighted by molar-refractivity contribution is -0.274. The molecule has 0 atom stereocenters. The second kappa shape index (κ2) is 5.92. The van der Waals surface area contributed by atoms with E-state index in [2.05, 4.69) is 9.72 Å². The van der Waals surface area contributed by atoms with Crippen molar-refractivity contribution in [2.45, 2.75) is 6.36 Å². The predicted molar refractivity (Wildman–Crippen MR) is 69.9 cm³/mol. The van der Waals surface area contributed by atoms with Crippen LogP contribution in [0.1, 0.15) is 10.4 Å². The number of hydrogen-bond acceptors (Lipinski definition) is 4. The number of methoxy groups -OCH3 is 1. The van der Waals surface area contributed by atoms with Crippen LogP contribution in [-0.4, -0.2) is 29.5 Å². The maximum Gasteiger partial charge on any atom is 0.573 e. The maximum absolute atomic E-state index is 12.1. The smallest absolute Gasteiger partial charge is 0.481 e. The highest BCUT2D eigenvalue weighted by molar-refractivity contribution is 5.97. The van der Waals surface area contributed by atoms with E-state index in [4.69, 9.17) is 4.74 Å². The summed E-state index contributed by atoms with van der Waals surface area (Å²) in [5, 5.41) is 9.20. The fourth-order valence-electron chi connectivity index (χ4n) is 1.88. The zero-order valence-corrected chi connectivity index (χ0v) is 11.2. The number of carboxylic acids is 1. The third kappa shape index (κ3) is 3.46. The number of carbonyl (C=O) groups is 1. The number of rotatable bonds is 4. The van der Waals surface area contributed by atoms with E-state index in [1.165, 1.54) is 31.5 Å². The van der Waals surface area contributed by atoms with E-state index in [1.807, 2.05) is 0 Å². The summed E-state index contributed by atoms with van der Waals surface area (Å²) in [4.78, 5) is 15.2. The molecule has 0 saturated heterocycles. The molecule has 0 saturated carbocycles. The Hall–Kier alpha value is -2.77. The van der Waals surface area contributed by atoms with Gasteiger partial charge in [-0.25, -0.2) is 9.78 Å². The van der Waals surface area contributed by atoms with Crippen LogP contribution in [0.5, 0.6) is 11.6 Å². The number of hydrogen-bond donors (Lipinski definition) is 1. The molecule has 0 amide bonds. The minimum Gasteiger partial charge on any atom is -0.481 e. The van der Waals surface area contributed by atoms with Gasteiger partial charge in [-0.05, 0) is 23.8 Å². The third-order valence-electron chi connectivity index (χ3n) is 2.72. The summed E-state index contributed by atoms with van der Waals surface area (Å²) in [5.74, 6) is -1.55. The lowest BCUT2D eigenvalue weighted by atomic mass is 10.0. The van der Waals surface area contributed by atoms with Gasteiger partial charge in [0.1, 0.15) is 5.75 Å². The molecule has 1 heterocycles. The van der Waals surface area contributed by atoms with Crippen molar-refractivity contribution >= 4 is 5.97 Å². The van der Waals surface area contributed by atoms with E-state index in [0.717, 1.165) is 12.1 Å². The predicted octanol–water partition coefficient (Wildman–Crippen LogP) is 3.35. The molecule has 1 aromatic heterocycles. The van der Waals surface area contributed by atoms with Crippen molar-refractivity contribution < 1.29 is 32.5 Å². The first-order valence-electron chi connectivity index (χ1n) is 5.94. The van der Waals surface area contributed by atoms with Crippen molar-refractivity contribution in [3.05, 3.63) is 42.1 Å². The Balaban J connectivity index is 2.46. The molecule has 1 N–H and O–H groups in total. The number of benzene rings is 1. The zero-order chi connectivity index (χ0) is 16.3. The molecule has 0 bridgehead atoms. The van der Waals surface area contributed by atoms with Crippen molar-refractivity contribution in [1.82, 2.24) is 4.98 Å². The second-order valence-corrected chi connectivity index (χ2v) is 4.12. The molecule has 22 heavy (non-hydrogen) atoms. The van der Waals surface area contributed by atoms with Gasteiger partial charge in [0.05, 0.1) is 18.2 Å². The standard InChI is InChI=1S/C14H10F3NO4/c1-21-12-11(10(13(19)20)6-7-18-12)8-2-4-9(5-3-8)22-14(15,16)17/h2-7H,1H3,(H,19,20). The molecule has 0 unspecified atom stereocenters. The van der Waals surface area contributed by atoms with Gasteiger partial charge in [0.15, 0.2) is 0 Å². The van der Waals surface area contributed by atoms with Crippen molar-refractivity contribution in [3.8, 4) is 22.8 Å². The normalized spacial score (nSPS) is 11.1. The van der Waals surface area contributed by atoms with E-state index in [9.17, 15) is 23.1 Å². The Morgan fingerprint density at radius 3 is 2.32 bits per heavy atom. The fraction of sp³-hybridized carbons (Fsp3) is 0.143. The SMILES string of the molecule is COc1nccc(C(=O)O)c1-c1ccc(OC(F)(F)F)cc1. The topological polar surface area (TPSA) is 68.7 Å². The molecule has 0 aliphatic carbocycles.